The van der Waals surface area contributed by atoms with Crippen molar-refractivity contribution >= 4 is 11.8 Å². The smallest absolute Gasteiger partial charge is 0.267 e. The van der Waals surface area contributed by atoms with E-state index in [9.17, 15) is 14.0 Å². The van der Waals surface area contributed by atoms with E-state index in [1.54, 1.807) is 0 Å². The van der Waals surface area contributed by atoms with Crippen LogP contribution in [0, 0.1) is 5.82 Å². The highest BCUT2D eigenvalue weighted by molar-refractivity contribution is 5.98. The lowest BCUT2D eigenvalue weighted by Crippen LogP contribution is -2.41. The van der Waals surface area contributed by atoms with E-state index in [1.165, 1.54) is 42.7 Å². The number of carbonyl (C=O) groups is 2. The van der Waals surface area contributed by atoms with Gasteiger partial charge in [0.2, 0.25) is 0 Å². The van der Waals surface area contributed by atoms with Gasteiger partial charge in [0.25, 0.3) is 11.8 Å². The zero-order valence-electron chi connectivity index (χ0n) is 9.76. The summed E-state index contributed by atoms with van der Waals surface area (Å²) >= 11 is 0. The van der Waals surface area contributed by atoms with Crippen molar-refractivity contribution in [2.75, 3.05) is 0 Å². The highest BCUT2D eigenvalue weighted by Crippen LogP contribution is 2.02. The molecule has 0 radical (unpaired) electrons. The number of halogens is 1. The van der Waals surface area contributed by atoms with E-state index in [-0.39, 0.29) is 5.56 Å². The molecule has 0 aliphatic carbocycles. The van der Waals surface area contributed by atoms with Crippen LogP contribution >= 0.6 is 0 Å². The molecule has 2 amide bonds. The van der Waals surface area contributed by atoms with Crippen LogP contribution in [-0.4, -0.2) is 16.8 Å². The molecule has 0 saturated carbocycles. The number of aromatic nitrogens is 1. The number of nitrogens with one attached hydrogen (secondary N) is 2. The van der Waals surface area contributed by atoms with Crippen molar-refractivity contribution in [1.82, 2.24) is 15.8 Å². The second kappa shape index (κ2) is 5.72. The summed E-state index contributed by atoms with van der Waals surface area (Å²) in [6.07, 6.45) is 2.92. The fourth-order valence-electron chi connectivity index (χ4n) is 1.39. The number of hydrazine groups is 1. The summed E-state index contributed by atoms with van der Waals surface area (Å²) in [6.45, 7) is 0. The molecule has 0 spiro atoms. The second-order valence-corrected chi connectivity index (χ2v) is 3.65. The average molecular weight is 259 g/mol. The molecule has 5 nitrogen and oxygen atoms in total. The summed E-state index contributed by atoms with van der Waals surface area (Å²) in [6, 6.07) is 8.17. The van der Waals surface area contributed by atoms with Crippen LogP contribution in [0.2, 0.25) is 0 Å². The molecule has 6 heteroatoms. The predicted molar refractivity (Wildman–Crippen MR) is 65.6 cm³/mol. The number of amides is 2. The molecule has 1 aromatic heterocycles. The monoisotopic (exact) mass is 259 g/mol. The average Bonchev–Trinajstić information content (AvgIpc) is 2.45. The molecule has 2 N–H and O–H groups in total. The largest absolute Gasteiger partial charge is 0.269 e. The first kappa shape index (κ1) is 12.7. The van der Waals surface area contributed by atoms with Crippen molar-refractivity contribution in [3.63, 3.8) is 0 Å². The summed E-state index contributed by atoms with van der Waals surface area (Å²) < 4.78 is 12.9. The van der Waals surface area contributed by atoms with Crippen LogP contribution < -0.4 is 10.9 Å². The van der Waals surface area contributed by atoms with E-state index >= 15 is 0 Å². The number of hydrogen-bond acceptors (Lipinski definition) is 3. The maximum Gasteiger partial charge on any atom is 0.269 e. The van der Waals surface area contributed by atoms with Crippen LogP contribution in [0.4, 0.5) is 4.39 Å². The maximum atomic E-state index is 12.9. The summed E-state index contributed by atoms with van der Waals surface area (Å²) in [5, 5.41) is 0. The lowest BCUT2D eigenvalue weighted by Gasteiger charge is -2.07. The number of rotatable bonds is 2. The summed E-state index contributed by atoms with van der Waals surface area (Å²) in [4.78, 5) is 27.0. The molecule has 96 valence electrons. The summed E-state index contributed by atoms with van der Waals surface area (Å²) in [5.74, 6) is -1.60. The third-order valence-corrected chi connectivity index (χ3v) is 2.32. The van der Waals surface area contributed by atoms with Gasteiger partial charge in [-0.3, -0.25) is 25.4 Å². The van der Waals surface area contributed by atoms with Crippen LogP contribution in [0.15, 0.2) is 48.8 Å². The number of pyridine rings is 1. The molecule has 1 aromatic carbocycles. The minimum atomic E-state index is -0.595. The van der Waals surface area contributed by atoms with Crippen molar-refractivity contribution in [1.29, 1.82) is 0 Å². The van der Waals surface area contributed by atoms with Gasteiger partial charge in [0.15, 0.2) is 0 Å². The maximum absolute atomic E-state index is 12.9. The fraction of sp³-hybridized carbons (Fsp3) is 0. The molecular weight excluding hydrogens is 249 g/mol. The van der Waals surface area contributed by atoms with E-state index in [2.05, 4.69) is 15.8 Å². The van der Waals surface area contributed by atoms with E-state index in [4.69, 9.17) is 0 Å². The van der Waals surface area contributed by atoms with Gasteiger partial charge in [-0.15, -0.1) is 0 Å². The molecular formula is C13H10FN3O2. The van der Waals surface area contributed by atoms with Crippen LogP contribution in [0.25, 0.3) is 0 Å². The Hall–Kier alpha value is -2.76. The molecule has 0 bridgehead atoms. The topological polar surface area (TPSA) is 71.1 Å². The molecule has 0 fully saturated rings. The molecule has 0 aliphatic heterocycles. The molecule has 0 saturated heterocycles. The van der Waals surface area contributed by atoms with Crippen LogP contribution in [0.5, 0.6) is 0 Å². The van der Waals surface area contributed by atoms with Crippen LogP contribution in [0.3, 0.4) is 0 Å². The Balaban J connectivity index is 1.96. The van der Waals surface area contributed by atoms with Gasteiger partial charge < -0.3 is 0 Å². The highest BCUT2D eigenvalue weighted by Gasteiger charge is 2.09. The van der Waals surface area contributed by atoms with Gasteiger partial charge in [-0.25, -0.2) is 4.39 Å². The number of hydrogen-bond donors (Lipinski definition) is 2. The Labute approximate surface area is 108 Å². The normalized spacial score (nSPS) is 9.74. The molecule has 0 atom stereocenters. The lowest BCUT2D eigenvalue weighted by molar-refractivity contribution is 0.0846. The fourth-order valence-corrected chi connectivity index (χ4v) is 1.39. The number of nitrogens with zero attached hydrogens (tertiary/aromatic N) is 1. The minimum absolute atomic E-state index is 0.120. The molecule has 2 rings (SSSR count). The number of benzene rings is 1. The van der Waals surface area contributed by atoms with E-state index < -0.39 is 17.6 Å². The van der Waals surface area contributed by atoms with Crippen LogP contribution in [0.1, 0.15) is 20.7 Å². The zero-order chi connectivity index (χ0) is 13.7. The SMILES string of the molecule is O=C(NNC(=O)c1cccc(F)c1)c1ccncc1. The van der Waals surface area contributed by atoms with Crippen molar-refractivity contribution in [3.8, 4) is 0 Å². The lowest BCUT2D eigenvalue weighted by atomic mass is 10.2. The predicted octanol–water partition coefficient (Wildman–Crippen LogP) is 1.30. The molecule has 1 heterocycles. The Kier molecular flexibility index (Phi) is 3.82. The second-order valence-electron chi connectivity index (χ2n) is 3.65. The van der Waals surface area contributed by atoms with Gasteiger partial charge in [0.1, 0.15) is 5.82 Å². The highest BCUT2D eigenvalue weighted by atomic mass is 19.1. The molecule has 2 aromatic rings. The quantitative estimate of drug-likeness (QED) is 0.798. The van der Waals surface area contributed by atoms with Crippen molar-refractivity contribution in [2.24, 2.45) is 0 Å². The van der Waals surface area contributed by atoms with Crippen LogP contribution in [-0.2, 0) is 0 Å². The Morgan fingerprint density at radius 2 is 1.58 bits per heavy atom. The van der Waals surface area contributed by atoms with Gasteiger partial charge in [0, 0.05) is 23.5 Å². The summed E-state index contributed by atoms with van der Waals surface area (Å²) in [5.41, 5.74) is 4.90. The van der Waals surface area contributed by atoms with E-state index in [0.717, 1.165) is 6.07 Å². The molecule has 0 aliphatic rings. The van der Waals surface area contributed by atoms with Crippen molar-refractivity contribution in [2.45, 2.75) is 0 Å². The first-order chi connectivity index (χ1) is 9.16. The number of carbonyl (C=O) groups excluding carboxylic acids is 2. The third kappa shape index (κ3) is 3.35. The van der Waals surface area contributed by atoms with Crippen molar-refractivity contribution < 1.29 is 14.0 Å². The molecule has 0 unspecified atom stereocenters. The van der Waals surface area contributed by atoms with Gasteiger partial charge in [-0.05, 0) is 30.3 Å². The Morgan fingerprint density at radius 3 is 2.21 bits per heavy atom. The van der Waals surface area contributed by atoms with Crippen molar-refractivity contribution in [3.05, 3.63) is 65.7 Å². The van der Waals surface area contributed by atoms with E-state index in [1.807, 2.05) is 0 Å². The zero-order valence-corrected chi connectivity index (χ0v) is 9.76. The minimum Gasteiger partial charge on any atom is -0.267 e. The Morgan fingerprint density at radius 1 is 0.947 bits per heavy atom. The first-order valence-corrected chi connectivity index (χ1v) is 5.43. The van der Waals surface area contributed by atoms with E-state index in [0.29, 0.717) is 5.56 Å². The standard InChI is InChI=1S/C13H10FN3O2/c14-11-3-1-2-10(8-11)13(19)17-16-12(18)9-4-6-15-7-5-9/h1-8H,(H,16,18)(H,17,19). The van der Waals surface area contributed by atoms with Gasteiger partial charge in [-0.1, -0.05) is 6.07 Å². The van der Waals surface area contributed by atoms with Gasteiger partial charge in [0.05, 0.1) is 0 Å². The van der Waals surface area contributed by atoms with Gasteiger partial charge in [-0.2, -0.15) is 0 Å². The first-order valence-electron chi connectivity index (χ1n) is 5.43. The third-order valence-electron chi connectivity index (χ3n) is 2.32. The summed E-state index contributed by atoms with van der Waals surface area (Å²) in [7, 11) is 0. The van der Waals surface area contributed by atoms with Gasteiger partial charge >= 0.3 is 0 Å². The molecule has 19 heavy (non-hydrogen) atoms. The Bertz CT molecular complexity index is 602.